The van der Waals surface area contributed by atoms with E-state index in [1.54, 1.807) is 14.2 Å². The first-order valence-corrected chi connectivity index (χ1v) is 6.18. The SMILES string of the molecule is COc1cc(CCN(C)CCC[O])cc(OC)c1. The van der Waals surface area contributed by atoms with Crippen LogP contribution in [0.15, 0.2) is 18.2 Å². The summed E-state index contributed by atoms with van der Waals surface area (Å²) in [5, 5.41) is 10.4. The molecule has 0 amide bonds. The van der Waals surface area contributed by atoms with Crippen molar-refractivity contribution in [2.75, 3.05) is 41.0 Å². The van der Waals surface area contributed by atoms with Gasteiger partial charge in [0.2, 0.25) is 0 Å². The van der Waals surface area contributed by atoms with Crippen molar-refractivity contribution in [2.24, 2.45) is 0 Å². The summed E-state index contributed by atoms with van der Waals surface area (Å²) in [5.41, 5.74) is 1.18. The first kappa shape index (κ1) is 14.8. The smallest absolute Gasteiger partial charge is 0.122 e. The van der Waals surface area contributed by atoms with Crippen LogP contribution >= 0.6 is 0 Å². The molecule has 0 saturated carbocycles. The first-order chi connectivity index (χ1) is 8.69. The molecule has 0 saturated heterocycles. The van der Waals surface area contributed by atoms with Gasteiger partial charge in [0.1, 0.15) is 11.5 Å². The summed E-state index contributed by atoms with van der Waals surface area (Å²) in [6, 6.07) is 5.90. The highest BCUT2D eigenvalue weighted by molar-refractivity contribution is 5.38. The van der Waals surface area contributed by atoms with Crippen LogP contribution in [0.5, 0.6) is 11.5 Å². The van der Waals surface area contributed by atoms with E-state index in [2.05, 4.69) is 4.90 Å². The molecule has 0 unspecified atom stereocenters. The number of hydrogen-bond donors (Lipinski definition) is 0. The Morgan fingerprint density at radius 3 is 2.17 bits per heavy atom. The number of nitrogens with zero attached hydrogens (tertiary/aromatic N) is 1. The van der Waals surface area contributed by atoms with Crippen LogP contribution in [0.2, 0.25) is 0 Å². The molecule has 18 heavy (non-hydrogen) atoms. The van der Waals surface area contributed by atoms with Gasteiger partial charge in [0.15, 0.2) is 0 Å². The Hall–Kier alpha value is -1.26. The van der Waals surface area contributed by atoms with Crippen molar-refractivity contribution < 1.29 is 14.6 Å². The maximum Gasteiger partial charge on any atom is 0.122 e. The minimum atomic E-state index is -0.00266. The van der Waals surface area contributed by atoms with Gasteiger partial charge in [0.25, 0.3) is 0 Å². The lowest BCUT2D eigenvalue weighted by Crippen LogP contribution is -2.23. The van der Waals surface area contributed by atoms with Gasteiger partial charge < -0.3 is 14.4 Å². The lowest BCUT2D eigenvalue weighted by Gasteiger charge is -2.16. The quantitative estimate of drug-likeness (QED) is 0.710. The molecule has 0 aliphatic carbocycles. The average Bonchev–Trinajstić information content (AvgIpc) is 2.42. The molecule has 0 atom stereocenters. The molecule has 0 aliphatic rings. The van der Waals surface area contributed by atoms with E-state index in [-0.39, 0.29) is 6.61 Å². The molecular weight excluding hydrogens is 230 g/mol. The van der Waals surface area contributed by atoms with Gasteiger partial charge in [-0.25, -0.2) is 5.11 Å². The summed E-state index contributed by atoms with van der Waals surface area (Å²) < 4.78 is 10.5. The number of ether oxygens (including phenoxy) is 2. The molecule has 1 aromatic carbocycles. The van der Waals surface area contributed by atoms with Gasteiger partial charge in [-0.1, -0.05) is 0 Å². The summed E-state index contributed by atoms with van der Waals surface area (Å²) >= 11 is 0. The maximum atomic E-state index is 10.4. The molecule has 0 N–H and O–H groups in total. The topological polar surface area (TPSA) is 41.6 Å². The highest BCUT2D eigenvalue weighted by Gasteiger charge is 2.04. The number of rotatable bonds is 8. The van der Waals surface area contributed by atoms with Crippen molar-refractivity contribution in [2.45, 2.75) is 12.8 Å². The normalized spacial score (nSPS) is 10.7. The number of methoxy groups -OCH3 is 2. The molecule has 1 radical (unpaired) electrons. The van der Waals surface area contributed by atoms with Gasteiger partial charge in [0, 0.05) is 19.2 Å². The van der Waals surface area contributed by atoms with Crippen molar-refractivity contribution in [1.82, 2.24) is 4.90 Å². The summed E-state index contributed by atoms with van der Waals surface area (Å²) in [7, 11) is 5.34. The van der Waals surface area contributed by atoms with E-state index in [1.165, 1.54) is 5.56 Å². The van der Waals surface area contributed by atoms with E-state index >= 15 is 0 Å². The van der Waals surface area contributed by atoms with E-state index in [9.17, 15) is 5.11 Å². The minimum Gasteiger partial charge on any atom is -0.497 e. The van der Waals surface area contributed by atoms with Crippen LogP contribution < -0.4 is 9.47 Å². The molecule has 0 fully saturated rings. The summed E-state index contributed by atoms with van der Waals surface area (Å²) in [6.45, 7) is 1.78. The monoisotopic (exact) mass is 252 g/mol. The molecule has 0 bridgehead atoms. The van der Waals surface area contributed by atoms with Crippen LogP contribution in [0.3, 0.4) is 0 Å². The zero-order valence-electron chi connectivity index (χ0n) is 11.4. The summed E-state index contributed by atoms with van der Waals surface area (Å²) in [5.74, 6) is 1.62. The van der Waals surface area contributed by atoms with E-state index < -0.39 is 0 Å². The van der Waals surface area contributed by atoms with E-state index in [0.29, 0.717) is 6.42 Å². The Balaban J connectivity index is 2.55. The number of likely N-dealkylation sites (N-methyl/N-ethyl adjacent to an activating group) is 1. The third-order valence-corrected chi connectivity index (χ3v) is 2.88. The van der Waals surface area contributed by atoms with Crippen LogP contribution in [-0.4, -0.2) is 45.9 Å². The fourth-order valence-corrected chi connectivity index (χ4v) is 1.78. The van der Waals surface area contributed by atoms with Crippen LogP contribution in [0.1, 0.15) is 12.0 Å². The summed E-state index contributed by atoms with van der Waals surface area (Å²) in [6.07, 6.45) is 1.63. The van der Waals surface area contributed by atoms with Crippen LogP contribution in [-0.2, 0) is 11.5 Å². The Bertz CT molecular complexity index is 333. The number of hydrogen-bond acceptors (Lipinski definition) is 3. The standard InChI is InChI=1S/C14H22NO3/c1-15(6-4-8-16)7-5-12-9-13(17-2)11-14(10-12)18-3/h9-11H,4-8H2,1-3H3. The Morgan fingerprint density at radius 1 is 1.06 bits per heavy atom. The van der Waals surface area contributed by atoms with Gasteiger partial charge in [-0.2, -0.15) is 0 Å². The van der Waals surface area contributed by atoms with Crippen LogP contribution in [0.25, 0.3) is 0 Å². The maximum absolute atomic E-state index is 10.4. The molecule has 1 rings (SSSR count). The van der Waals surface area contributed by atoms with E-state index in [4.69, 9.17) is 9.47 Å². The molecule has 101 valence electrons. The molecule has 0 aliphatic heterocycles. The van der Waals surface area contributed by atoms with Gasteiger partial charge in [-0.3, -0.25) is 0 Å². The first-order valence-electron chi connectivity index (χ1n) is 6.18. The highest BCUT2D eigenvalue weighted by atomic mass is 16.5. The second-order valence-corrected chi connectivity index (χ2v) is 4.33. The van der Waals surface area contributed by atoms with Gasteiger partial charge in [0.05, 0.1) is 20.8 Å². The second kappa shape index (κ2) is 7.95. The van der Waals surface area contributed by atoms with Gasteiger partial charge >= 0.3 is 0 Å². The van der Waals surface area contributed by atoms with Gasteiger partial charge in [-0.05, 0) is 37.6 Å². The predicted octanol–water partition coefficient (Wildman–Crippen LogP) is 2.00. The van der Waals surface area contributed by atoms with Crippen molar-refractivity contribution in [3.63, 3.8) is 0 Å². The molecule has 0 spiro atoms. The zero-order valence-corrected chi connectivity index (χ0v) is 11.4. The van der Waals surface area contributed by atoms with Gasteiger partial charge in [-0.15, -0.1) is 0 Å². The van der Waals surface area contributed by atoms with Crippen molar-refractivity contribution in [1.29, 1.82) is 0 Å². The van der Waals surface area contributed by atoms with Crippen LogP contribution in [0.4, 0.5) is 0 Å². The van der Waals surface area contributed by atoms with Crippen molar-refractivity contribution in [3.8, 4) is 11.5 Å². The predicted molar refractivity (Wildman–Crippen MR) is 70.9 cm³/mol. The van der Waals surface area contributed by atoms with E-state index in [1.807, 2.05) is 25.2 Å². The van der Waals surface area contributed by atoms with Crippen LogP contribution in [0, 0.1) is 0 Å². The largest absolute Gasteiger partial charge is 0.497 e. The zero-order chi connectivity index (χ0) is 13.4. The van der Waals surface area contributed by atoms with Crippen molar-refractivity contribution >= 4 is 0 Å². The lowest BCUT2D eigenvalue weighted by atomic mass is 10.1. The molecule has 4 heteroatoms. The molecule has 1 aromatic rings. The molecule has 4 nitrogen and oxygen atoms in total. The Kier molecular flexibility index (Phi) is 6.54. The lowest BCUT2D eigenvalue weighted by molar-refractivity contribution is 0.173. The fourth-order valence-electron chi connectivity index (χ4n) is 1.78. The molecule has 0 heterocycles. The molecular formula is C14H22NO3. The Labute approximate surface area is 109 Å². The second-order valence-electron chi connectivity index (χ2n) is 4.33. The minimum absolute atomic E-state index is 0.00266. The van der Waals surface area contributed by atoms with Crippen molar-refractivity contribution in [3.05, 3.63) is 23.8 Å². The number of benzene rings is 1. The Morgan fingerprint density at radius 2 is 1.67 bits per heavy atom. The summed E-state index contributed by atoms with van der Waals surface area (Å²) in [4.78, 5) is 2.17. The highest BCUT2D eigenvalue weighted by Crippen LogP contribution is 2.22. The average molecular weight is 252 g/mol. The third-order valence-electron chi connectivity index (χ3n) is 2.88. The third kappa shape index (κ3) is 4.94. The molecule has 0 aromatic heterocycles. The van der Waals surface area contributed by atoms with E-state index in [0.717, 1.165) is 31.0 Å². The fraction of sp³-hybridized carbons (Fsp3) is 0.571.